The molecule has 1 fully saturated rings. The van der Waals surface area contributed by atoms with E-state index in [1.54, 1.807) is 35.0 Å². The van der Waals surface area contributed by atoms with Crippen molar-refractivity contribution in [2.75, 3.05) is 26.7 Å². The van der Waals surface area contributed by atoms with Crippen LogP contribution in [0.15, 0.2) is 22.8 Å². The van der Waals surface area contributed by atoms with Gasteiger partial charge in [0.2, 0.25) is 5.91 Å². The van der Waals surface area contributed by atoms with E-state index >= 15 is 0 Å². The second kappa shape index (κ2) is 5.48. The standard InChI is InChI=1S/C12H14BrN3O2/c1-15-6-3-7-16(8-11(15)17)12(18)9-4-2-5-10(13)14-9/h2,4-5H,3,6-8H2,1H3. The summed E-state index contributed by atoms with van der Waals surface area (Å²) in [4.78, 5) is 31.3. The molecular weight excluding hydrogens is 298 g/mol. The lowest BCUT2D eigenvalue weighted by Crippen LogP contribution is -2.38. The Morgan fingerprint density at radius 2 is 2.17 bits per heavy atom. The lowest BCUT2D eigenvalue weighted by molar-refractivity contribution is -0.129. The van der Waals surface area contributed by atoms with Crippen LogP contribution in [0.5, 0.6) is 0 Å². The van der Waals surface area contributed by atoms with E-state index in [2.05, 4.69) is 20.9 Å². The minimum Gasteiger partial charge on any atom is -0.344 e. The van der Waals surface area contributed by atoms with Gasteiger partial charge in [0.25, 0.3) is 5.91 Å². The molecule has 0 spiro atoms. The summed E-state index contributed by atoms with van der Waals surface area (Å²) < 4.78 is 0.617. The first-order valence-electron chi connectivity index (χ1n) is 5.74. The Hall–Kier alpha value is -1.43. The molecule has 1 aromatic rings. The van der Waals surface area contributed by atoms with Gasteiger partial charge >= 0.3 is 0 Å². The van der Waals surface area contributed by atoms with Crippen LogP contribution in [0.4, 0.5) is 0 Å². The molecule has 5 nitrogen and oxygen atoms in total. The highest BCUT2D eigenvalue weighted by Crippen LogP contribution is 2.11. The summed E-state index contributed by atoms with van der Waals surface area (Å²) in [5, 5.41) is 0. The molecule has 0 saturated carbocycles. The molecule has 18 heavy (non-hydrogen) atoms. The van der Waals surface area contributed by atoms with E-state index in [4.69, 9.17) is 0 Å². The van der Waals surface area contributed by atoms with Gasteiger partial charge in [0.15, 0.2) is 0 Å². The molecule has 1 aliphatic heterocycles. The van der Waals surface area contributed by atoms with Crippen molar-refractivity contribution in [3.8, 4) is 0 Å². The van der Waals surface area contributed by atoms with Crippen molar-refractivity contribution >= 4 is 27.7 Å². The number of aromatic nitrogens is 1. The van der Waals surface area contributed by atoms with E-state index in [9.17, 15) is 9.59 Å². The first-order chi connectivity index (χ1) is 8.58. The van der Waals surface area contributed by atoms with Crippen molar-refractivity contribution < 1.29 is 9.59 Å². The highest BCUT2D eigenvalue weighted by atomic mass is 79.9. The van der Waals surface area contributed by atoms with Gasteiger partial charge in [-0.05, 0) is 34.5 Å². The Morgan fingerprint density at radius 1 is 1.39 bits per heavy atom. The maximum Gasteiger partial charge on any atom is 0.272 e. The molecule has 0 aromatic carbocycles. The van der Waals surface area contributed by atoms with E-state index in [-0.39, 0.29) is 18.4 Å². The number of hydrogen-bond acceptors (Lipinski definition) is 3. The summed E-state index contributed by atoms with van der Waals surface area (Å²) in [6.07, 6.45) is 0.794. The van der Waals surface area contributed by atoms with Crippen LogP contribution >= 0.6 is 15.9 Å². The lowest BCUT2D eigenvalue weighted by atomic mass is 10.3. The largest absolute Gasteiger partial charge is 0.344 e. The van der Waals surface area contributed by atoms with Crippen molar-refractivity contribution in [1.82, 2.24) is 14.8 Å². The van der Waals surface area contributed by atoms with Gasteiger partial charge < -0.3 is 9.80 Å². The number of halogens is 1. The fourth-order valence-electron chi connectivity index (χ4n) is 1.85. The minimum absolute atomic E-state index is 0.0316. The number of amides is 2. The zero-order valence-corrected chi connectivity index (χ0v) is 11.7. The predicted octanol–water partition coefficient (Wildman–Crippen LogP) is 1.15. The SMILES string of the molecule is CN1CCCN(C(=O)c2cccc(Br)n2)CC1=O. The monoisotopic (exact) mass is 311 g/mol. The molecular formula is C12H14BrN3O2. The van der Waals surface area contributed by atoms with Gasteiger partial charge in [-0.3, -0.25) is 9.59 Å². The second-order valence-electron chi connectivity index (χ2n) is 4.24. The third-order valence-electron chi connectivity index (χ3n) is 2.89. The van der Waals surface area contributed by atoms with E-state index in [1.807, 2.05) is 0 Å². The molecule has 0 aliphatic carbocycles. The topological polar surface area (TPSA) is 53.5 Å². The zero-order valence-electron chi connectivity index (χ0n) is 10.1. The zero-order chi connectivity index (χ0) is 13.1. The fourth-order valence-corrected chi connectivity index (χ4v) is 2.19. The molecule has 0 bridgehead atoms. The second-order valence-corrected chi connectivity index (χ2v) is 5.05. The summed E-state index contributed by atoms with van der Waals surface area (Å²) in [5.74, 6) is -0.226. The maximum atomic E-state index is 12.2. The molecule has 6 heteroatoms. The molecule has 96 valence electrons. The average Bonchev–Trinajstić information content (AvgIpc) is 2.51. The normalized spacial score (nSPS) is 16.7. The van der Waals surface area contributed by atoms with E-state index in [0.29, 0.717) is 23.4 Å². The van der Waals surface area contributed by atoms with Crippen LogP contribution in [0.25, 0.3) is 0 Å². The Kier molecular flexibility index (Phi) is 3.96. The van der Waals surface area contributed by atoms with E-state index < -0.39 is 0 Å². The summed E-state index contributed by atoms with van der Waals surface area (Å²) in [6.45, 7) is 1.40. The van der Waals surface area contributed by atoms with Crippen LogP contribution in [0, 0.1) is 0 Å². The smallest absolute Gasteiger partial charge is 0.272 e. The predicted molar refractivity (Wildman–Crippen MR) is 70.1 cm³/mol. The van der Waals surface area contributed by atoms with Crippen LogP contribution in [0.3, 0.4) is 0 Å². The Morgan fingerprint density at radius 3 is 2.89 bits per heavy atom. The van der Waals surface area contributed by atoms with Crippen molar-refractivity contribution in [2.24, 2.45) is 0 Å². The quantitative estimate of drug-likeness (QED) is 0.731. The minimum atomic E-state index is -0.194. The molecule has 2 heterocycles. The highest BCUT2D eigenvalue weighted by Gasteiger charge is 2.24. The molecule has 0 N–H and O–H groups in total. The van der Waals surface area contributed by atoms with Gasteiger partial charge in [-0.2, -0.15) is 0 Å². The Labute approximate surface area is 114 Å². The van der Waals surface area contributed by atoms with Crippen molar-refractivity contribution in [2.45, 2.75) is 6.42 Å². The molecule has 1 saturated heterocycles. The number of likely N-dealkylation sites (N-methyl/N-ethyl adjacent to an activating group) is 1. The van der Waals surface area contributed by atoms with Crippen LogP contribution in [-0.2, 0) is 4.79 Å². The van der Waals surface area contributed by atoms with Gasteiger partial charge in [0, 0.05) is 20.1 Å². The molecule has 2 amide bonds. The van der Waals surface area contributed by atoms with Crippen LogP contribution in [0.2, 0.25) is 0 Å². The number of carbonyl (C=O) groups excluding carboxylic acids is 2. The van der Waals surface area contributed by atoms with Gasteiger partial charge in [0.05, 0.1) is 0 Å². The molecule has 0 radical (unpaired) electrons. The van der Waals surface area contributed by atoms with Crippen molar-refractivity contribution in [1.29, 1.82) is 0 Å². The van der Waals surface area contributed by atoms with Crippen molar-refractivity contribution in [3.63, 3.8) is 0 Å². The summed E-state index contributed by atoms with van der Waals surface area (Å²) in [6, 6.07) is 5.18. The van der Waals surface area contributed by atoms with Crippen LogP contribution < -0.4 is 0 Å². The van der Waals surface area contributed by atoms with Gasteiger partial charge in [-0.25, -0.2) is 4.98 Å². The third kappa shape index (κ3) is 2.87. The van der Waals surface area contributed by atoms with Gasteiger partial charge in [-0.1, -0.05) is 6.07 Å². The number of nitrogens with zero attached hydrogens (tertiary/aromatic N) is 3. The van der Waals surface area contributed by atoms with Crippen LogP contribution in [-0.4, -0.2) is 53.3 Å². The van der Waals surface area contributed by atoms with Gasteiger partial charge in [0.1, 0.15) is 16.8 Å². The van der Waals surface area contributed by atoms with Gasteiger partial charge in [-0.15, -0.1) is 0 Å². The Bertz CT molecular complexity index is 478. The number of rotatable bonds is 1. The summed E-state index contributed by atoms with van der Waals surface area (Å²) in [7, 11) is 1.76. The number of pyridine rings is 1. The van der Waals surface area contributed by atoms with Crippen molar-refractivity contribution in [3.05, 3.63) is 28.5 Å². The molecule has 2 rings (SSSR count). The van der Waals surface area contributed by atoms with E-state index in [1.165, 1.54) is 0 Å². The number of hydrogen-bond donors (Lipinski definition) is 0. The van der Waals surface area contributed by atoms with E-state index in [0.717, 1.165) is 6.42 Å². The molecule has 0 unspecified atom stereocenters. The Balaban J connectivity index is 2.16. The number of carbonyl (C=O) groups is 2. The summed E-state index contributed by atoms with van der Waals surface area (Å²) >= 11 is 3.23. The average molecular weight is 312 g/mol. The molecule has 1 aliphatic rings. The van der Waals surface area contributed by atoms with Crippen LogP contribution in [0.1, 0.15) is 16.9 Å². The lowest BCUT2D eigenvalue weighted by Gasteiger charge is -2.19. The molecule has 1 aromatic heterocycles. The fraction of sp³-hybridized carbons (Fsp3) is 0.417. The maximum absolute atomic E-state index is 12.2. The highest BCUT2D eigenvalue weighted by molar-refractivity contribution is 9.10. The first kappa shape index (κ1) is 13.0. The third-order valence-corrected chi connectivity index (χ3v) is 3.34. The molecule has 0 atom stereocenters. The first-order valence-corrected chi connectivity index (χ1v) is 6.53. The summed E-state index contributed by atoms with van der Waals surface area (Å²) in [5.41, 5.74) is 0.363.